The molecule has 3 nitrogen and oxygen atoms in total. The molecule has 3 heteroatoms. The molecule has 1 aromatic carbocycles. The summed E-state index contributed by atoms with van der Waals surface area (Å²) in [7, 11) is 0. The van der Waals surface area contributed by atoms with Gasteiger partial charge in [-0.2, -0.15) is 0 Å². The molecule has 20 heavy (non-hydrogen) atoms. The summed E-state index contributed by atoms with van der Waals surface area (Å²) in [5.41, 5.74) is 2.51. The molecule has 1 amide bonds. The van der Waals surface area contributed by atoms with Crippen molar-refractivity contribution in [1.82, 2.24) is 5.32 Å². The highest BCUT2D eigenvalue weighted by atomic mass is 16.3. The van der Waals surface area contributed by atoms with E-state index in [2.05, 4.69) is 36.5 Å². The van der Waals surface area contributed by atoms with E-state index in [-0.39, 0.29) is 17.9 Å². The number of hydrogen-bond acceptors (Lipinski definition) is 2. The van der Waals surface area contributed by atoms with Crippen molar-refractivity contribution in [2.24, 2.45) is 5.92 Å². The first-order valence-corrected chi connectivity index (χ1v) is 7.55. The zero-order chi connectivity index (χ0) is 15.0. The number of benzene rings is 1. The largest absolute Gasteiger partial charge is 0.393 e. The van der Waals surface area contributed by atoms with Crippen LogP contribution in [0.4, 0.5) is 0 Å². The Balaban J connectivity index is 2.22. The third-order valence-corrected chi connectivity index (χ3v) is 3.60. The Hall–Kier alpha value is -1.35. The van der Waals surface area contributed by atoms with Crippen molar-refractivity contribution in [2.75, 3.05) is 6.54 Å². The van der Waals surface area contributed by atoms with E-state index in [1.165, 1.54) is 11.1 Å². The lowest BCUT2D eigenvalue weighted by Gasteiger charge is -2.14. The number of aliphatic hydroxyl groups is 1. The third-order valence-electron chi connectivity index (χ3n) is 3.60. The van der Waals surface area contributed by atoms with Gasteiger partial charge in [-0.25, -0.2) is 0 Å². The van der Waals surface area contributed by atoms with Gasteiger partial charge >= 0.3 is 0 Å². The van der Waals surface area contributed by atoms with Crippen LogP contribution in [0.1, 0.15) is 44.7 Å². The van der Waals surface area contributed by atoms with Crippen LogP contribution < -0.4 is 5.32 Å². The summed E-state index contributed by atoms with van der Waals surface area (Å²) in [5, 5.41) is 12.5. The molecule has 0 aliphatic carbocycles. The van der Waals surface area contributed by atoms with Gasteiger partial charge in [0.2, 0.25) is 5.91 Å². The predicted molar refractivity (Wildman–Crippen MR) is 82.6 cm³/mol. The van der Waals surface area contributed by atoms with Crippen LogP contribution in [0.3, 0.4) is 0 Å². The van der Waals surface area contributed by atoms with Crippen LogP contribution in [0.15, 0.2) is 24.3 Å². The SMILES string of the molecule is CCc1ccc(CCC(=O)NCCC(O)C(C)C)cc1. The highest BCUT2D eigenvalue weighted by molar-refractivity contribution is 5.76. The lowest BCUT2D eigenvalue weighted by atomic mass is 10.0. The lowest BCUT2D eigenvalue weighted by Crippen LogP contribution is -2.28. The first kappa shape index (κ1) is 16.7. The second-order valence-electron chi connectivity index (χ2n) is 5.62. The van der Waals surface area contributed by atoms with Gasteiger partial charge in [0.15, 0.2) is 0 Å². The molecule has 0 fully saturated rings. The Morgan fingerprint density at radius 1 is 1.20 bits per heavy atom. The number of amides is 1. The lowest BCUT2D eigenvalue weighted by molar-refractivity contribution is -0.121. The monoisotopic (exact) mass is 277 g/mol. The molecule has 0 saturated heterocycles. The summed E-state index contributed by atoms with van der Waals surface area (Å²) < 4.78 is 0. The Labute approximate surface area is 122 Å². The van der Waals surface area contributed by atoms with Crippen molar-refractivity contribution in [1.29, 1.82) is 0 Å². The highest BCUT2D eigenvalue weighted by Crippen LogP contribution is 2.07. The van der Waals surface area contributed by atoms with Crippen molar-refractivity contribution < 1.29 is 9.90 Å². The molecule has 0 saturated carbocycles. The summed E-state index contributed by atoms with van der Waals surface area (Å²) in [6.45, 7) is 6.64. The van der Waals surface area contributed by atoms with Crippen LogP contribution in [0.5, 0.6) is 0 Å². The minimum atomic E-state index is -0.336. The van der Waals surface area contributed by atoms with Crippen LogP contribution in [0.2, 0.25) is 0 Å². The van der Waals surface area contributed by atoms with Crippen LogP contribution in [-0.4, -0.2) is 23.7 Å². The maximum atomic E-state index is 11.7. The molecule has 0 radical (unpaired) electrons. The third kappa shape index (κ3) is 6.20. The van der Waals surface area contributed by atoms with Gasteiger partial charge < -0.3 is 10.4 Å². The first-order valence-electron chi connectivity index (χ1n) is 7.55. The molecule has 0 spiro atoms. The van der Waals surface area contributed by atoms with Gasteiger partial charge in [-0.3, -0.25) is 4.79 Å². The van der Waals surface area contributed by atoms with E-state index < -0.39 is 0 Å². The van der Waals surface area contributed by atoms with Crippen molar-refractivity contribution >= 4 is 5.91 Å². The molecule has 0 aromatic heterocycles. The number of rotatable bonds is 8. The van der Waals surface area contributed by atoms with Crippen molar-refractivity contribution in [3.63, 3.8) is 0 Å². The Morgan fingerprint density at radius 3 is 2.35 bits per heavy atom. The van der Waals surface area contributed by atoms with Crippen LogP contribution >= 0.6 is 0 Å². The van der Waals surface area contributed by atoms with E-state index in [9.17, 15) is 9.90 Å². The normalized spacial score (nSPS) is 12.4. The number of carbonyl (C=O) groups excluding carboxylic acids is 1. The summed E-state index contributed by atoms with van der Waals surface area (Å²) in [4.78, 5) is 11.7. The summed E-state index contributed by atoms with van der Waals surface area (Å²) in [6, 6.07) is 8.42. The van der Waals surface area contributed by atoms with Crippen molar-refractivity contribution in [3.05, 3.63) is 35.4 Å². The molecule has 2 N–H and O–H groups in total. The van der Waals surface area contributed by atoms with E-state index in [4.69, 9.17) is 0 Å². The first-order chi connectivity index (χ1) is 9.52. The summed E-state index contributed by atoms with van der Waals surface area (Å²) >= 11 is 0. The molecular formula is C17H27NO2. The quantitative estimate of drug-likeness (QED) is 0.767. The van der Waals surface area contributed by atoms with E-state index >= 15 is 0 Å². The van der Waals surface area contributed by atoms with Gasteiger partial charge in [-0.1, -0.05) is 45.0 Å². The van der Waals surface area contributed by atoms with E-state index in [0.717, 1.165) is 12.8 Å². The number of aryl methyl sites for hydroxylation is 2. The van der Waals surface area contributed by atoms with E-state index in [1.54, 1.807) is 0 Å². The highest BCUT2D eigenvalue weighted by Gasteiger charge is 2.09. The van der Waals surface area contributed by atoms with Gasteiger partial charge in [-0.05, 0) is 36.3 Å². The van der Waals surface area contributed by atoms with Gasteiger partial charge in [-0.15, -0.1) is 0 Å². The summed E-state index contributed by atoms with van der Waals surface area (Å²) in [5.74, 6) is 0.296. The molecule has 1 unspecified atom stereocenters. The zero-order valence-electron chi connectivity index (χ0n) is 12.9. The minimum Gasteiger partial charge on any atom is -0.393 e. The van der Waals surface area contributed by atoms with Crippen LogP contribution in [0, 0.1) is 5.92 Å². The molecule has 0 bridgehead atoms. The average molecular weight is 277 g/mol. The van der Waals surface area contributed by atoms with E-state index in [0.29, 0.717) is 19.4 Å². The Kier molecular flexibility index (Phi) is 7.31. The smallest absolute Gasteiger partial charge is 0.220 e. The molecule has 0 aliphatic heterocycles. The molecule has 0 heterocycles. The average Bonchev–Trinajstić information content (AvgIpc) is 2.45. The molecule has 1 rings (SSSR count). The van der Waals surface area contributed by atoms with Crippen molar-refractivity contribution in [3.8, 4) is 0 Å². The number of aliphatic hydroxyl groups excluding tert-OH is 1. The second kappa shape index (κ2) is 8.75. The molecular weight excluding hydrogens is 250 g/mol. The van der Waals surface area contributed by atoms with Gasteiger partial charge in [0.05, 0.1) is 6.10 Å². The standard InChI is InChI=1S/C17H27NO2/c1-4-14-5-7-15(8-6-14)9-10-17(20)18-12-11-16(19)13(2)3/h5-8,13,16,19H,4,9-12H2,1-3H3,(H,18,20). The fourth-order valence-corrected chi connectivity index (χ4v) is 1.98. The van der Waals surface area contributed by atoms with Gasteiger partial charge in [0.1, 0.15) is 0 Å². The fraction of sp³-hybridized carbons (Fsp3) is 0.588. The number of carbonyl (C=O) groups is 1. The fourth-order valence-electron chi connectivity index (χ4n) is 1.98. The molecule has 0 aliphatic rings. The van der Waals surface area contributed by atoms with Gasteiger partial charge in [0, 0.05) is 13.0 Å². The molecule has 1 atom stereocenters. The van der Waals surface area contributed by atoms with Crippen LogP contribution in [0.25, 0.3) is 0 Å². The topological polar surface area (TPSA) is 49.3 Å². The summed E-state index contributed by atoms with van der Waals surface area (Å²) in [6.07, 6.45) is 2.59. The maximum Gasteiger partial charge on any atom is 0.220 e. The molecule has 1 aromatic rings. The second-order valence-corrected chi connectivity index (χ2v) is 5.62. The Morgan fingerprint density at radius 2 is 1.80 bits per heavy atom. The maximum absolute atomic E-state index is 11.7. The number of hydrogen-bond donors (Lipinski definition) is 2. The Bertz CT molecular complexity index is 398. The van der Waals surface area contributed by atoms with E-state index in [1.807, 2.05) is 13.8 Å². The zero-order valence-corrected chi connectivity index (χ0v) is 12.9. The molecule has 112 valence electrons. The number of nitrogens with one attached hydrogen (secondary N) is 1. The van der Waals surface area contributed by atoms with Gasteiger partial charge in [0.25, 0.3) is 0 Å². The van der Waals surface area contributed by atoms with Crippen molar-refractivity contribution in [2.45, 2.75) is 52.6 Å². The minimum absolute atomic E-state index is 0.0560. The predicted octanol–water partition coefficient (Wildman–Crippen LogP) is 2.70. The van der Waals surface area contributed by atoms with Crippen LogP contribution in [-0.2, 0) is 17.6 Å².